The second-order valence-corrected chi connectivity index (χ2v) is 4.93. The van der Waals surface area contributed by atoms with Crippen LogP contribution < -0.4 is 5.43 Å². The van der Waals surface area contributed by atoms with E-state index in [4.69, 9.17) is 0 Å². The minimum atomic E-state index is -4.48. The van der Waals surface area contributed by atoms with Gasteiger partial charge in [-0.25, -0.2) is 5.43 Å². The molecule has 0 aliphatic carbocycles. The lowest BCUT2D eigenvalue weighted by Gasteiger charge is -2.05. The van der Waals surface area contributed by atoms with E-state index in [1.54, 1.807) is 24.3 Å². The van der Waals surface area contributed by atoms with Gasteiger partial charge < -0.3 is 0 Å². The van der Waals surface area contributed by atoms with Gasteiger partial charge in [0.25, 0.3) is 0 Å². The summed E-state index contributed by atoms with van der Waals surface area (Å²) in [7, 11) is 0. The predicted octanol–water partition coefficient (Wildman–Crippen LogP) is 2.98. The molecule has 0 bridgehead atoms. The van der Waals surface area contributed by atoms with E-state index in [9.17, 15) is 18.0 Å². The summed E-state index contributed by atoms with van der Waals surface area (Å²) < 4.78 is 37.9. The van der Waals surface area contributed by atoms with E-state index in [1.807, 2.05) is 0 Å². The molecule has 2 rings (SSSR count). The average Bonchev–Trinajstić information content (AvgIpc) is 2.80. The van der Waals surface area contributed by atoms with Crippen molar-refractivity contribution in [3.05, 3.63) is 52.3 Å². The molecule has 1 heterocycles. The zero-order valence-electron chi connectivity index (χ0n) is 9.99. The third-order valence-corrected chi connectivity index (χ3v) is 2.96. The highest BCUT2D eigenvalue weighted by Crippen LogP contribution is 2.28. The summed E-state index contributed by atoms with van der Waals surface area (Å²) >= 11 is 3.27. The van der Waals surface area contributed by atoms with E-state index in [-0.39, 0.29) is 6.42 Å². The maximum Gasteiger partial charge on any atom is 0.419 e. The quantitative estimate of drug-likeness (QED) is 0.927. The molecule has 20 heavy (non-hydrogen) atoms. The lowest BCUT2D eigenvalue weighted by molar-refractivity contribution is -0.137. The van der Waals surface area contributed by atoms with Crippen LogP contribution in [-0.4, -0.2) is 15.8 Å². The zero-order chi connectivity index (χ0) is 14.8. The first kappa shape index (κ1) is 14.6. The van der Waals surface area contributed by atoms with Crippen LogP contribution in [0.15, 0.2) is 41.1 Å². The van der Waals surface area contributed by atoms with E-state index >= 15 is 0 Å². The van der Waals surface area contributed by atoms with Crippen LogP contribution in [0.4, 0.5) is 13.2 Å². The topological polar surface area (TPSA) is 46.9 Å². The van der Waals surface area contributed by atoms with Crippen molar-refractivity contribution in [3.8, 4) is 0 Å². The van der Waals surface area contributed by atoms with Crippen molar-refractivity contribution in [1.82, 2.24) is 9.89 Å². The fourth-order valence-electron chi connectivity index (χ4n) is 1.49. The third-order valence-electron chi connectivity index (χ3n) is 2.43. The third kappa shape index (κ3) is 3.83. The van der Waals surface area contributed by atoms with E-state index < -0.39 is 17.6 Å². The zero-order valence-corrected chi connectivity index (χ0v) is 11.6. The van der Waals surface area contributed by atoms with Gasteiger partial charge in [0.1, 0.15) is 0 Å². The summed E-state index contributed by atoms with van der Waals surface area (Å²) in [5.41, 5.74) is 2.08. The SMILES string of the molecule is O=C(Cc1ccc(Br)cc1)Nn1cc(C(F)(F)F)cn1. The maximum atomic E-state index is 12.4. The lowest BCUT2D eigenvalue weighted by atomic mass is 10.1. The highest BCUT2D eigenvalue weighted by atomic mass is 79.9. The van der Waals surface area contributed by atoms with Gasteiger partial charge in [0, 0.05) is 4.47 Å². The van der Waals surface area contributed by atoms with Crippen molar-refractivity contribution in [3.63, 3.8) is 0 Å². The molecule has 8 heteroatoms. The Morgan fingerprint density at radius 2 is 1.95 bits per heavy atom. The molecule has 0 spiro atoms. The number of carbonyl (C=O) groups is 1. The standard InChI is InChI=1S/C12H9BrF3N3O/c13-10-3-1-8(2-4-10)5-11(20)18-19-7-9(6-17-19)12(14,15)16/h1-4,6-7H,5H2,(H,18,20). The van der Waals surface area contributed by atoms with Crippen LogP contribution in [0.5, 0.6) is 0 Å². The van der Waals surface area contributed by atoms with Gasteiger partial charge >= 0.3 is 6.18 Å². The second-order valence-electron chi connectivity index (χ2n) is 4.01. The lowest BCUT2D eigenvalue weighted by Crippen LogP contribution is -2.24. The molecule has 2 aromatic rings. The minimum absolute atomic E-state index is 0.0501. The fourth-order valence-corrected chi connectivity index (χ4v) is 1.75. The Hall–Kier alpha value is -1.83. The number of carbonyl (C=O) groups excluding carboxylic acids is 1. The van der Waals surface area contributed by atoms with Crippen molar-refractivity contribution >= 4 is 21.8 Å². The molecule has 0 saturated carbocycles. The molecular formula is C12H9BrF3N3O. The number of nitrogens with zero attached hydrogens (tertiary/aromatic N) is 2. The van der Waals surface area contributed by atoms with E-state index in [2.05, 4.69) is 26.5 Å². The predicted molar refractivity (Wildman–Crippen MR) is 69.4 cm³/mol. The van der Waals surface area contributed by atoms with Crippen molar-refractivity contribution < 1.29 is 18.0 Å². The number of alkyl halides is 3. The first-order valence-electron chi connectivity index (χ1n) is 5.51. The highest BCUT2D eigenvalue weighted by molar-refractivity contribution is 9.10. The molecule has 1 N–H and O–H groups in total. The molecule has 106 valence electrons. The number of benzene rings is 1. The number of amides is 1. The van der Waals surface area contributed by atoms with Crippen LogP contribution in [0, 0.1) is 0 Å². The summed E-state index contributed by atoms with van der Waals surface area (Å²) in [4.78, 5) is 12.4. The average molecular weight is 348 g/mol. The Balaban J connectivity index is 1.98. The van der Waals surface area contributed by atoms with Crippen molar-refractivity contribution in [2.24, 2.45) is 0 Å². The van der Waals surface area contributed by atoms with Gasteiger partial charge in [-0.15, -0.1) is 0 Å². The van der Waals surface area contributed by atoms with E-state index in [1.165, 1.54) is 0 Å². The summed E-state index contributed by atoms with van der Waals surface area (Å²) in [6.45, 7) is 0. The Bertz CT molecular complexity index is 607. The summed E-state index contributed by atoms with van der Waals surface area (Å²) in [6.07, 6.45) is -3.05. The molecule has 1 amide bonds. The van der Waals surface area contributed by atoms with Gasteiger partial charge in [-0.2, -0.15) is 23.1 Å². The van der Waals surface area contributed by atoms with Crippen molar-refractivity contribution in [1.29, 1.82) is 0 Å². The number of rotatable bonds is 3. The normalized spacial score (nSPS) is 11.4. The number of aromatic nitrogens is 2. The van der Waals surface area contributed by atoms with Crippen LogP contribution >= 0.6 is 15.9 Å². The van der Waals surface area contributed by atoms with Gasteiger partial charge in [0.05, 0.1) is 24.4 Å². The summed E-state index contributed by atoms with van der Waals surface area (Å²) in [5.74, 6) is -0.454. The number of hydrogen-bond donors (Lipinski definition) is 1. The Labute approximate surface area is 120 Å². The van der Waals surface area contributed by atoms with Crippen LogP contribution in [0.3, 0.4) is 0 Å². The number of halogens is 4. The maximum absolute atomic E-state index is 12.4. The fraction of sp³-hybridized carbons (Fsp3) is 0.167. The molecule has 0 fully saturated rings. The largest absolute Gasteiger partial charge is 0.419 e. The second kappa shape index (κ2) is 5.66. The molecule has 1 aromatic carbocycles. The van der Waals surface area contributed by atoms with E-state index in [0.717, 1.165) is 21.0 Å². The monoisotopic (exact) mass is 347 g/mol. The molecule has 0 aliphatic rings. The number of hydrogen-bond acceptors (Lipinski definition) is 2. The Kier molecular flexibility index (Phi) is 4.12. The molecule has 0 saturated heterocycles. The van der Waals surface area contributed by atoms with Crippen LogP contribution in [0.1, 0.15) is 11.1 Å². The Morgan fingerprint density at radius 3 is 2.50 bits per heavy atom. The van der Waals surface area contributed by atoms with Gasteiger partial charge in [0.15, 0.2) is 0 Å². The molecular weight excluding hydrogens is 339 g/mol. The van der Waals surface area contributed by atoms with Gasteiger partial charge in [0.2, 0.25) is 5.91 Å². The smallest absolute Gasteiger partial charge is 0.273 e. The summed E-state index contributed by atoms with van der Waals surface area (Å²) in [5, 5.41) is 3.44. The first-order valence-corrected chi connectivity index (χ1v) is 6.30. The van der Waals surface area contributed by atoms with Crippen molar-refractivity contribution in [2.75, 3.05) is 5.43 Å². The highest BCUT2D eigenvalue weighted by Gasteiger charge is 2.32. The van der Waals surface area contributed by atoms with Gasteiger partial charge in [-0.05, 0) is 17.7 Å². The minimum Gasteiger partial charge on any atom is -0.273 e. The van der Waals surface area contributed by atoms with Gasteiger partial charge in [-0.1, -0.05) is 28.1 Å². The number of nitrogens with one attached hydrogen (secondary N) is 1. The van der Waals surface area contributed by atoms with Crippen molar-refractivity contribution in [2.45, 2.75) is 12.6 Å². The molecule has 0 atom stereocenters. The molecule has 0 radical (unpaired) electrons. The molecule has 0 aliphatic heterocycles. The summed E-state index contributed by atoms with van der Waals surface area (Å²) in [6, 6.07) is 7.04. The Morgan fingerprint density at radius 1 is 1.30 bits per heavy atom. The molecule has 0 unspecified atom stereocenters. The van der Waals surface area contributed by atoms with Crippen LogP contribution in [0.2, 0.25) is 0 Å². The van der Waals surface area contributed by atoms with E-state index in [0.29, 0.717) is 6.20 Å². The first-order chi connectivity index (χ1) is 9.34. The molecule has 1 aromatic heterocycles. The van der Waals surface area contributed by atoms with Gasteiger partial charge in [-0.3, -0.25) is 4.79 Å². The van der Waals surface area contributed by atoms with Crippen LogP contribution in [-0.2, 0) is 17.4 Å². The van der Waals surface area contributed by atoms with Crippen LogP contribution in [0.25, 0.3) is 0 Å². The molecule has 4 nitrogen and oxygen atoms in total.